The van der Waals surface area contributed by atoms with Gasteiger partial charge in [0.25, 0.3) is 0 Å². The highest BCUT2D eigenvalue weighted by molar-refractivity contribution is 7.13. The molecule has 112 valence electrons. The fraction of sp³-hybridized carbons (Fsp3) is 0.375. The molecule has 0 radical (unpaired) electrons. The van der Waals surface area contributed by atoms with Crippen LogP contribution >= 0.6 is 11.3 Å². The number of benzene rings is 1. The van der Waals surface area contributed by atoms with E-state index in [-0.39, 0.29) is 0 Å². The van der Waals surface area contributed by atoms with Crippen molar-refractivity contribution >= 4 is 17.3 Å². The lowest BCUT2D eigenvalue weighted by Crippen LogP contribution is -2.01. The summed E-state index contributed by atoms with van der Waals surface area (Å²) in [6.45, 7) is 4.45. The number of hydrogen-bond donors (Lipinski definition) is 1. The van der Waals surface area contributed by atoms with E-state index in [0.29, 0.717) is 17.2 Å². The van der Waals surface area contributed by atoms with Crippen LogP contribution in [0.4, 0.5) is 0 Å². The average molecular weight is 305 g/mol. The van der Waals surface area contributed by atoms with Crippen LogP contribution in [0.2, 0.25) is 0 Å². The molecular formula is C16H19NO3S. The van der Waals surface area contributed by atoms with Crippen molar-refractivity contribution in [3.63, 3.8) is 0 Å². The van der Waals surface area contributed by atoms with Crippen molar-refractivity contribution in [2.75, 3.05) is 6.61 Å². The summed E-state index contributed by atoms with van der Waals surface area (Å²) < 4.78 is 5.79. The van der Waals surface area contributed by atoms with Crippen LogP contribution in [0.1, 0.15) is 39.3 Å². The first-order chi connectivity index (χ1) is 10.1. The zero-order chi connectivity index (χ0) is 15.2. The number of rotatable bonds is 7. The van der Waals surface area contributed by atoms with E-state index in [2.05, 4.69) is 18.0 Å². The molecule has 2 aromatic rings. The molecule has 0 aliphatic rings. The summed E-state index contributed by atoms with van der Waals surface area (Å²) in [5, 5.41) is 9.86. The first kappa shape index (κ1) is 15.5. The number of hydrogen-bond acceptors (Lipinski definition) is 4. The summed E-state index contributed by atoms with van der Waals surface area (Å²) >= 11 is 1.26. The molecule has 0 saturated carbocycles. The highest BCUT2D eigenvalue weighted by atomic mass is 32.1. The van der Waals surface area contributed by atoms with Gasteiger partial charge in [-0.2, -0.15) is 0 Å². The predicted molar refractivity (Wildman–Crippen MR) is 83.4 cm³/mol. The molecule has 0 unspecified atom stereocenters. The normalized spacial score (nSPS) is 10.6. The van der Waals surface area contributed by atoms with Gasteiger partial charge >= 0.3 is 5.97 Å². The van der Waals surface area contributed by atoms with Gasteiger partial charge in [-0.25, -0.2) is 9.78 Å². The van der Waals surface area contributed by atoms with Gasteiger partial charge in [0.2, 0.25) is 0 Å². The minimum absolute atomic E-state index is 0.335. The second-order valence-corrected chi connectivity index (χ2v) is 5.82. The summed E-state index contributed by atoms with van der Waals surface area (Å²) in [6, 6.07) is 8.03. The molecule has 5 heteroatoms. The Bertz CT molecular complexity index is 622. The minimum Gasteiger partial charge on any atom is -0.493 e. The number of aryl methyl sites for hydroxylation is 3. The van der Waals surface area contributed by atoms with Crippen LogP contribution in [-0.4, -0.2) is 22.7 Å². The van der Waals surface area contributed by atoms with Gasteiger partial charge in [0.1, 0.15) is 10.6 Å². The van der Waals surface area contributed by atoms with E-state index in [1.165, 1.54) is 16.9 Å². The average Bonchev–Trinajstić information content (AvgIpc) is 2.85. The molecule has 1 aromatic carbocycles. The van der Waals surface area contributed by atoms with Gasteiger partial charge in [0, 0.05) is 6.42 Å². The van der Waals surface area contributed by atoms with E-state index in [1.807, 2.05) is 18.2 Å². The summed E-state index contributed by atoms with van der Waals surface area (Å²) in [5.41, 5.74) is 1.80. The van der Waals surface area contributed by atoms with Crippen LogP contribution in [-0.2, 0) is 12.8 Å². The van der Waals surface area contributed by atoms with Gasteiger partial charge in [0.05, 0.1) is 17.3 Å². The smallest absolute Gasteiger partial charge is 0.347 e. The van der Waals surface area contributed by atoms with Gasteiger partial charge in [-0.1, -0.05) is 25.1 Å². The third kappa shape index (κ3) is 4.04. The Morgan fingerprint density at radius 2 is 2.14 bits per heavy atom. The van der Waals surface area contributed by atoms with E-state index in [1.54, 1.807) is 6.92 Å². The van der Waals surface area contributed by atoms with Crippen molar-refractivity contribution < 1.29 is 14.6 Å². The molecule has 0 aliphatic heterocycles. The number of thiazole rings is 1. The van der Waals surface area contributed by atoms with Crippen molar-refractivity contribution in [1.29, 1.82) is 0 Å². The second-order valence-electron chi connectivity index (χ2n) is 4.74. The number of nitrogens with zero attached hydrogens (tertiary/aromatic N) is 1. The van der Waals surface area contributed by atoms with E-state index < -0.39 is 5.97 Å². The molecule has 0 spiro atoms. The van der Waals surface area contributed by atoms with Crippen molar-refractivity contribution in [3.8, 4) is 5.75 Å². The fourth-order valence-electron chi connectivity index (χ4n) is 2.10. The molecular weight excluding hydrogens is 286 g/mol. The van der Waals surface area contributed by atoms with Crippen molar-refractivity contribution in [3.05, 3.63) is 45.4 Å². The molecule has 1 N–H and O–H groups in total. The molecule has 0 bridgehead atoms. The number of carbonyl (C=O) groups is 1. The number of carboxylic acid groups (broad SMARTS) is 1. The minimum atomic E-state index is -0.899. The third-order valence-electron chi connectivity index (χ3n) is 3.18. The quantitative estimate of drug-likeness (QED) is 0.792. The molecule has 2 rings (SSSR count). The van der Waals surface area contributed by atoms with Crippen LogP contribution in [0.15, 0.2) is 24.3 Å². The number of para-hydroxylation sites is 1. The molecule has 0 saturated heterocycles. The number of ether oxygens (including phenoxy) is 1. The van der Waals surface area contributed by atoms with Gasteiger partial charge < -0.3 is 9.84 Å². The van der Waals surface area contributed by atoms with E-state index in [4.69, 9.17) is 9.84 Å². The summed E-state index contributed by atoms with van der Waals surface area (Å²) in [6.07, 6.45) is 2.51. The summed E-state index contributed by atoms with van der Waals surface area (Å²) in [4.78, 5) is 15.6. The Morgan fingerprint density at radius 3 is 2.81 bits per heavy atom. The highest BCUT2D eigenvalue weighted by Crippen LogP contribution is 2.21. The molecule has 1 aromatic heterocycles. The monoisotopic (exact) mass is 305 g/mol. The Hall–Kier alpha value is -1.88. The van der Waals surface area contributed by atoms with Crippen molar-refractivity contribution in [1.82, 2.24) is 4.98 Å². The summed E-state index contributed by atoms with van der Waals surface area (Å²) in [7, 11) is 0. The van der Waals surface area contributed by atoms with Crippen LogP contribution in [0, 0.1) is 6.92 Å². The lowest BCUT2D eigenvalue weighted by molar-refractivity contribution is 0.0701. The maximum absolute atomic E-state index is 11.0. The third-order valence-corrected chi connectivity index (χ3v) is 4.39. The molecule has 4 nitrogen and oxygen atoms in total. The zero-order valence-electron chi connectivity index (χ0n) is 12.3. The lowest BCUT2D eigenvalue weighted by Gasteiger charge is -2.09. The van der Waals surface area contributed by atoms with Crippen LogP contribution in [0.5, 0.6) is 5.75 Å². The Balaban J connectivity index is 1.85. The van der Waals surface area contributed by atoms with E-state index >= 15 is 0 Å². The molecule has 0 atom stereocenters. The van der Waals surface area contributed by atoms with Crippen molar-refractivity contribution in [2.45, 2.75) is 33.1 Å². The number of carboxylic acids is 1. The second kappa shape index (κ2) is 7.22. The maximum atomic E-state index is 11.0. The largest absolute Gasteiger partial charge is 0.493 e. The Labute approximate surface area is 128 Å². The van der Waals surface area contributed by atoms with E-state index in [0.717, 1.165) is 30.0 Å². The van der Waals surface area contributed by atoms with Gasteiger partial charge in [-0.3, -0.25) is 0 Å². The van der Waals surface area contributed by atoms with Crippen LogP contribution in [0.25, 0.3) is 0 Å². The van der Waals surface area contributed by atoms with Crippen molar-refractivity contribution in [2.24, 2.45) is 0 Å². The van der Waals surface area contributed by atoms with Gasteiger partial charge in [0.15, 0.2) is 0 Å². The standard InChI is InChI=1S/C16H19NO3S/c1-3-12-7-4-5-8-13(12)20-10-6-9-14-17-11(2)15(21-14)16(18)19/h4-5,7-8H,3,6,9-10H2,1-2H3,(H,18,19). The first-order valence-corrected chi connectivity index (χ1v) is 7.83. The SMILES string of the molecule is CCc1ccccc1OCCCc1nc(C)c(C(=O)O)s1. The maximum Gasteiger partial charge on any atom is 0.347 e. The zero-order valence-corrected chi connectivity index (χ0v) is 13.1. The van der Waals surface area contributed by atoms with Gasteiger partial charge in [-0.05, 0) is 31.4 Å². The van der Waals surface area contributed by atoms with Gasteiger partial charge in [-0.15, -0.1) is 11.3 Å². The topological polar surface area (TPSA) is 59.4 Å². The summed E-state index contributed by atoms with van der Waals surface area (Å²) in [5.74, 6) is 0.0333. The van der Waals surface area contributed by atoms with Crippen LogP contribution in [0.3, 0.4) is 0 Å². The van der Waals surface area contributed by atoms with E-state index in [9.17, 15) is 4.79 Å². The molecule has 0 amide bonds. The molecule has 1 heterocycles. The molecule has 0 fully saturated rings. The first-order valence-electron chi connectivity index (χ1n) is 7.02. The van der Waals surface area contributed by atoms with Crippen LogP contribution < -0.4 is 4.74 Å². The Morgan fingerprint density at radius 1 is 1.38 bits per heavy atom. The highest BCUT2D eigenvalue weighted by Gasteiger charge is 2.13. The molecule has 0 aliphatic carbocycles. The fourth-order valence-corrected chi connectivity index (χ4v) is 3.05. The molecule has 21 heavy (non-hydrogen) atoms. The number of aromatic carboxylic acids is 1. The Kier molecular flexibility index (Phi) is 5.33. The predicted octanol–water partition coefficient (Wildman–Crippen LogP) is 3.72. The number of aromatic nitrogens is 1. The lowest BCUT2D eigenvalue weighted by atomic mass is 10.1.